The van der Waals surface area contributed by atoms with Gasteiger partial charge in [0, 0.05) is 19.1 Å². The molecular formula is C11H22N2O4S2. The summed E-state index contributed by atoms with van der Waals surface area (Å²) in [5, 5.41) is -0.539. The molecule has 19 heavy (non-hydrogen) atoms. The number of sulfonamides is 1. The molecule has 2 rings (SSSR count). The molecule has 8 heteroatoms. The van der Waals surface area contributed by atoms with Crippen molar-refractivity contribution in [2.75, 3.05) is 24.6 Å². The predicted molar refractivity (Wildman–Crippen MR) is 73.9 cm³/mol. The largest absolute Gasteiger partial charge is 0.328 e. The van der Waals surface area contributed by atoms with E-state index in [0.717, 1.165) is 6.42 Å². The zero-order valence-electron chi connectivity index (χ0n) is 11.2. The van der Waals surface area contributed by atoms with Crippen LogP contribution in [0.5, 0.6) is 0 Å². The summed E-state index contributed by atoms with van der Waals surface area (Å²) in [7, 11) is -6.39. The first-order chi connectivity index (χ1) is 8.72. The van der Waals surface area contributed by atoms with Crippen LogP contribution in [0, 0.1) is 5.92 Å². The summed E-state index contributed by atoms with van der Waals surface area (Å²) < 4.78 is 49.1. The Hall–Kier alpha value is -0.180. The van der Waals surface area contributed by atoms with Crippen molar-refractivity contribution in [2.24, 2.45) is 11.7 Å². The maximum atomic E-state index is 12.5. The average Bonchev–Trinajstić information content (AvgIpc) is 2.78. The van der Waals surface area contributed by atoms with Gasteiger partial charge in [0.1, 0.15) is 9.84 Å². The van der Waals surface area contributed by atoms with E-state index in [1.54, 1.807) is 0 Å². The van der Waals surface area contributed by atoms with Crippen LogP contribution in [0.2, 0.25) is 0 Å². The third kappa shape index (κ3) is 3.29. The molecule has 2 saturated heterocycles. The van der Waals surface area contributed by atoms with Crippen molar-refractivity contribution < 1.29 is 16.8 Å². The van der Waals surface area contributed by atoms with Gasteiger partial charge in [0.25, 0.3) is 0 Å². The Morgan fingerprint density at radius 3 is 2.26 bits per heavy atom. The summed E-state index contributed by atoms with van der Waals surface area (Å²) in [6, 6.07) is -0.00747. The van der Waals surface area contributed by atoms with Crippen LogP contribution < -0.4 is 5.73 Å². The summed E-state index contributed by atoms with van der Waals surface area (Å²) in [4.78, 5) is 0. The highest BCUT2D eigenvalue weighted by Gasteiger charge is 2.40. The van der Waals surface area contributed by atoms with Crippen LogP contribution in [0.4, 0.5) is 0 Å². The zero-order valence-corrected chi connectivity index (χ0v) is 12.8. The normalized spacial score (nSPS) is 31.4. The van der Waals surface area contributed by atoms with E-state index in [2.05, 4.69) is 0 Å². The molecule has 0 aromatic carbocycles. The summed E-state index contributed by atoms with van der Waals surface area (Å²) >= 11 is 0. The summed E-state index contributed by atoms with van der Waals surface area (Å²) in [6.07, 6.45) is 1.25. The van der Waals surface area contributed by atoms with Gasteiger partial charge >= 0.3 is 0 Å². The van der Waals surface area contributed by atoms with Crippen LogP contribution in [0.25, 0.3) is 0 Å². The molecule has 6 nitrogen and oxygen atoms in total. The van der Waals surface area contributed by atoms with Gasteiger partial charge in [-0.3, -0.25) is 0 Å². The van der Waals surface area contributed by atoms with Crippen molar-refractivity contribution in [3.63, 3.8) is 0 Å². The molecule has 2 aliphatic heterocycles. The number of nitrogens with two attached hydrogens (primary N) is 1. The van der Waals surface area contributed by atoms with Gasteiger partial charge in [-0.25, -0.2) is 21.1 Å². The topological polar surface area (TPSA) is 97.5 Å². The van der Waals surface area contributed by atoms with E-state index in [1.165, 1.54) is 4.31 Å². The molecule has 0 aliphatic carbocycles. The fourth-order valence-corrected chi connectivity index (χ4v) is 6.59. The van der Waals surface area contributed by atoms with Gasteiger partial charge in [-0.1, -0.05) is 0 Å². The monoisotopic (exact) mass is 310 g/mol. The Kier molecular flexibility index (Phi) is 4.25. The molecule has 2 aliphatic rings. The lowest BCUT2D eigenvalue weighted by molar-refractivity contribution is 0.420. The molecule has 0 bridgehead atoms. The van der Waals surface area contributed by atoms with Crippen molar-refractivity contribution in [2.45, 2.75) is 37.5 Å². The molecule has 2 fully saturated rings. The van der Waals surface area contributed by atoms with Crippen LogP contribution in [0.3, 0.4) is 0 Å². The van der Waals surface area contributed by atoms with Gasteiger partial charge in [0.05, 0.1) is 16.8 Å². The van der Waals surface area contributed by atoms with Crippen LogP contribution in [-0.4, -0.2) is 57.0 Å². The molecule has 0 aromatic heterocycles. The molecule has 0 saturated carbocycles. The number of rotatable bonds is 3. The maximum absolute atomic E-state index is 12.5. The second kappa shape index (κ2) is 5.31. The fraction of sp³-hybridized carbons (Fsp3) is 1.00. The van der Waals surface area contributed by atoms with Crippen LogP contribution in [0.15, 0.2) is 0 Å². The minimum atomic E-state index is -3.37. The van der Waals surface area contributed by atoms with Crippen LogP contribution >= 0.6 is 0 Å². The highest BCUT2D eigenvalue weighted by Crippen LogP contribution is 2.28. The van der Waals surface area contributed by atoms with Crippen molar-refractivity contribution in [3.8, 4) is 0 Å². The van der Waals surface area contributed by atoms with E-state index in [1.807, 2.05) is 6.92 Å². The lowest BCUT2D eigenvalue weighted by Gasteiger charge is -2.27. The molecule has 2 N–H and O–H groups in total. The third-order valence-electron chi connectivity index (χ3n) is 4.21. The van der Waals surface area contributed by atoms with E-state index < -0.39 is 25.1 Å². The fourth-order valence-electron chi connectivity index (χ4n) is 2.79. The highest BCUT2D eigenvalue weighted by atomic mass is 32.2. The predicted octanol–water partition coefficient (Wildman–Crippen LogP) is -0.437. The number of sulfone groups is 1. The quantitative estimate of drug-likeness (QED) is 0.762. The first-order valence-corrected chi connectivity index (χ1v) is 10.00. The summed E-state index contributed by atoms with van der Waals surface area (Å²) in [5.74, 6) is 0.185. The van der Waals surface area contributed by atoms with Gasteiger partial charge in [-0.15, -0.1) is 0 Å². The van der Waals surface area contributed by atoms with Crippen molar-refractivity contribution in [3.05, 3.63) is 0 Å². The van der Waals surface area contributed by atoms with Crippen molar-refractivity contribution >= 4 is 19.9 Å². The number of hydrogen-bond acceptors (Lipinski definition) is 5. The van der Waals surface area contributed by atoms with E-state index in [0.29, 0.717) is 13.1 Å². The van der Waals surface area contributed by atoms with Gasteiger partial charge in [0.2, 0.25) is 10.0 Å². The first-order valence-electron chi connectivity index (χ1n) is 6.67. The summed E-state index contributed by atoms with van der Waals surface area (Å²) in [6.45, 7) is 2.88. The highest BCUT2D eigenvalue weighted by molar-refractivity contribution is 7.92. The Morgan fingerprint density at radius 1 is 1.21 bits per heavy atom. The number of hydrogen-bond donors (Lipinski definition) is 1. The van der Waals surface area contributed by atoms with Crippen molar-refractivity contribution in [1.82, 2.24) is 4.31 Å². The Bertz CT molecular complexity index is 513. The van der Waals surface area contributed by atoms with Crippen LogP contribution in [0.1, 0.15) is 26.2 Å². The molecule has 2 atom stereocenters. The first kappa shape index (κ1) is 15.2. The number of nitrogens with zero attached hydrogens (tertiary/aromatic N) is 1. The Balaban J connectivity index is 2.04. The van der Waals surface area contributed by atoms with Gasteiger partial charge in [-0.2, -0.15) is 0 Å². The molecule has 0 amide bonds. The van der Waals surface area contributed by atoms with Gasteiger partial charge in [-0.05, 0) is 32.1 Å². The van der Waals surface area contributed by atoms with E-state index in [-0.39, 0.29) is 36.3 Å². The van der Waals surface area contributed by atoms with Crippen molar-refractivity contribution in [1.29, 1.82) is 0 Å². The summed E-state index contributed by atoms with van der Waals surface area (Å²) in [5.41, 5.74) is 5.82. The SMILES string of the molecule is CC(N)C1CCN(S(=O)(=O)C2CCS(=O)(=O)CC2)C1. The second-order valence-electron chi connectivity index (χ2n) is 5.66. The molecule has 2 heterocycles. The third-order valence-corrected chi connectivity index (χ3v) is 8.29. The smallest absolute Gasteiger partial charge is 0.217 e. The maximum Gasteiger partial charge on any atom is 0.217 e. The van der Waals surface area contributed by atoms with E-state index >= 15 is 0 Å². The molecule has 2 unspecified atom stereocenters. The minimum absolute atomic E-state index is 0.00747. The molecule has 0 aromatic rings. The Labute approximate surface area is 115 Å². The van der Waals surface area contributed by atoms with E-state index in [4.69, 9.17) is 5.73 Å². The lowest BCUT2D eigenvalue weighted by Crippen LogP contribution is -2.42. The second-order valence-corrected chi connectivity index (χ2v) is 10.2. The van der Waals surface area contributed by atoms with E-state index in [9.17, 15) is 16.8 Å². The Morgan fingerprint density at radius 2 is 1.79 bits per heavy atom. The standard InChI is InChI=1S/C11H22N2O4S2/c1-9(12)10-2-5-13(8-10)19(16,17)11-3-6-18(14,15)7-4-11/h9-11H,2-8,12H2,1H3. The van der Waals surface area contributed by atoms with Gasteiger partial charge < -0.3 is 5.73 Å². The lowest BCUT2D eigenvalue weighted by atomic mass is 10.0. The molecule has 112 valence electrons. The zero-order chi connectivity index (χ0) is 14.3. The molecule has 0 radical (unpaired) electrons. The molecular weight excluding hydrogens is 288 g/mol. The van der Waals surface area contributed by atoms with Crippen LogP contribution in [-0.2, 0) is 19.9 Å². The van der Waals surface area contributed by atoms with Gasteiger partial charge in [0.15, 0.2) is 0 Å². The average molecular weight is 310 g/mol. The molecule has 0 spiro atoms. The minimum Gasteiger partial charge on any atom is -0.328 e.